The van der Waals surface area contributed by atoms with Crippen LogP contribution in [0.15, 0.2) is 59.8 Å². The fourth-order valence-electron chi connectivity index (χ4n) is 2.81. The molecule has 0 spiro atoms. The number of sulfonamides is 1. The van der Waals surface area contributed by atoms with Crippen molar-refractivity contribution in [1.82, 2.24) is 9.97 Å². The van der Waals surface area contributed by atoms with Crippen molar-refractivity contribution in [3.05, 3.63) is 65.4 Å². The van der Waals surface area contributed by atoms with Crippen molar-refractivity contribution in [2.24, 2.45) is 5.14 Å². The third-order valence-electron chi connectivity index (χ3n) is 4.17. The summed E-state index contributed by atoms with van der Waals surface area (Å²) in [6.07, 6.45) is 2.94. The Balaban J connectivity index is 1.87. The molecule has 0 saturated carbocycles. The largest absolute Gasteiger partial charge is 0.338 e. The first-order valence-corrected chi connectivity index (χ1v) is 11.4. The Hall–Kier alpha value is -2.72. The van der Waals surface area contributed by atoms with Crippen molar-refractivity contribution in [2.75, 3.05) is 10.6 Å². The summed E-state index contributed by atoms with van der Waals surface area (Å²) >= 11 is 11.9. The zero-order valence-electron chi connectivity index (χ0n) is 16.3. The number of hydrogen-bond donors (Lipinski definition) is 3. The SMILES string of the molecule is CC(Cl)Nc1ncc(-c2ccc(NC(=O)Cc3ccccc3Cl)cc2S(N)(=O)=O)cn1. The molecule has 0 bridgehead atoms. The molecule has 0 aliphatic heterocycles. The zero-order valence-corrected chi connectivity index (χ0v) is 18.7. The maximum Gasteiger partial charge on any atom is 0.238 e. The van der Waals surface area contributed by atoms with Gasteiger partial charge < -0.3 is 10.6 Å². The van der Waals surface area contributed by atoms with Crippen LogP contribution in [0.4, 0.5) is 11.6 Å². The number of rotatable bonds is 7. The van der Waals surface area contributed by atoms with Crippen molar-refractivity contribution in [2.45, 2.75) is 23.7 Å². The predicted molar refractivity (Wildman–Crippen MR) is 122 cm³/mol. The van der Waals surface area contributed by atoms with Crippen LogP contribution in [0.2, 0.25) is 5.02 Å². The molecule has 0 aliphatic carbocycles. The number of carbonyl (C=O) groups excluding carboxylic acids is 1. The van der Waals surface area contributed by atoms with E-state index in [0.29, 0.717) is 27.7 Å². The molecule has 31 heavy (non-hydrogen) atoms. The second-order valence-corrected chi connectivity index (χ2v) is 9.22. The van der Waals surface area contributed by atoms with E-state index in [0.717, 1.165) is 0 Å². The Morgan fingerprint density at radius 3 is 2.45 bits per heavy atom. The molecule has 3 aromatic rings. The number of hydrogen-bond acceptors (Lipinski definition) is 6. The summed E-state index contributed by atoms with van der Waals surface area (Å²) in [7, 11) is -4.10. The van der Waals surface area contributed by atoms with E-state index in [1.165, 1.54) is 24.5 Å². The van der Waals surface area contributed by atoms with Gasteiger partial charge in [0.15, 0.2) is 0 Å². The second-order valence-electron chi connectivity index (χ2n) is 6.63. The quantitative estimate of drug-likeness (QED) is 0.350. The fraction of sp³-hybridized carbons (Fsp3) is 0.150. The highest BCUT2D eigenvalue weighted by Crippen LogP contribution is 2.29. The summed E-state index contributed by atoms with van der Waals surface area (Å²) in [6, 6.07) is 11.4. The monoisotopic (exact) mass is 479 g/mol. The maximum atomic E-state index is 12.4. The maximum absolute atomic E-state index is 12.4. The predicted octanol–water partition coefficient (Wildman–Crippen LogP) is 3.62. The molecule has 3 rings (SSSR count). The molecule has 0 saturated heterocycles. The number of alkyl halides is 1. The van der Waals surface area contributed by atoms with Crippen LogP contribution in [0.25, 0.3) is 11.1 Å². The van der Waals surface area contributed by atoms with Gasteiger partial charge in [-0.1, -0.05) is 47.5 Å². The number of nitrogens with zero attached hydrogens (tertiary/aromatic N) is 2. The number of amides is 1. The minimum Gasteiger partial charge on any atom is -0.338 e. The van der Waals surface area contributed by atoms with E-state index in [2.05, 4.69) is 20.6 Å². The van der Waals surface area contributed by atoms with Crippen LogP contribution in [0.3, 0.4) is 0 Å². The molecule has 11 heteroatoms. The average molecular weight is 480 g/mol. The van der Waals surface area contributed by atoms with E-state index in [4.69, 9.17) is 28.3 Å². The highest BCUT2D eigenvalue weighted by Gasteiger charge is 2.18. The number of nitrogens with two attached hydrogens (primary N) is 1. The van der Waals surface area contributed by atoms with Crippen molar-refractivity contribution in [1.29, 1.82) is 0 Å². The highest BCUT2D eigenvalue weighted by atomic mass is 35.5. The van der Waals surface area contributed by atoms with Gasteiger partial charge in [0.05, 0.1) is 11.3 Å². The van der Waals surface area contributed by atoms with E-state index in [9.17, 15) is 13.2 Å². The third kappa shape index (κ3) is 6.14. The number of benzene rings is 2. The first-order valence-electron chi connectivity index (χ1n) is 9.06. The van der Waals surface area contributed by atoms with Crippen molar-refractivity contribution < 1.29 is 13.2 Å². The van der Waals surface area contributed by atoms with Crippen LogP contribution >= 0.6 is 23.2 Å². The second kappa shape index (κ2) is 9.61. The fourth-order valence-corrected chi connectivity index (χ4v) is 3.90. The molecule has 1 heterocycles. The number of anilines is 2. The summed E-state index contributed by atoms with van der Waals surface area (Å²) in [5.74, 6) is -0.0537. The van der Waals surface area contributed by atoms with Crippen LogP contribution in [-0.2, 0) is 21.2 Å². The molecule has 1 unspecified atom stereocenters. The van der Waals surface area contributed by atoms with E-state index < -0.39 is 10.0 Å². The molecule has 1 amide bonds. The Labute approximate surface area is 189 Å². The van der Waals surface area contributed by atoms with E-state index in [1.54, 1.807) is 37.3 Å². The van der Waals surface area contributed by atoms with E-state index in [1.807, 2.05) is 0 Å². The van der Waals surface area contributed by atoms with Crippen molar-refractivity contribution in [3.8, 4) is 11.1 Å². The molecular weight excluding hydrogens is 461 g/mol. The first-order chi connectivity index (χ1) is 14.6. The third-order valence-corrected chi connectivity index (χ3v) is 5.60. The molecule has 2 aromatic carbocycles. The van der Waals surface area contributed by atoms with E-state index >= 15 is 0 Å². The van der Waals surface area contributed by atoms with Gasteiger partial charge in [0.25, 0.3) is 0 Å². The lowest BCUT2D eigenvalue weighted by Crippen LogP contribution is -2.17. The van der Waals surface area contributed by atoms with Gasteiger partial charge in [-0.05, 0) is 30.7 Å². The minimum absolute atomic E-state index is 0.0351. The number of halogens is 2. The van der Waals surface area contributed by atoms with Gasteiger partial charge in [-0.25, -0.2) is 23.5 Å². The Bertz CT molecular complexity index is 1200. The summed E-state index contributed by atoms with van der Waals surface area (Å²) in [4.78, 5) is 20.5. The number of primary sulfonamides is 1. The standard InChI is InChI=1S/C20H19Cl2N5O3S/c1-12(21)26-20-24-10-14(11-25-20)16-7-6-15(9-18(16)31(23,29)30)27-19(28)8-13-4-2-3-5-17(13)22/h2-7,9-12H,8H2,1H3,(H,27,28)(H2,23,29,30)(H,24,25,26). The first kappa shape index (κ1) is 23.0. The Morgan fingerprint density at radius 2 is 1.84 bits per heavy atom. The number of nitrogens with one attached hydrogen (secondary N) is 2. The van der Waals surface area contributed by atoms with Crippen molar-refractivity contribution in [3.63, 3.8) is 0 Å². The van der Waals surface area contributed by atoms with Crippen LogP contribution in [0.5, 0.6) is 0 Å². The Morgan fingerprint density at radius 1 is 1.16 bits per heavy atom. The van der Waals surface area contributed by atoms with Gasteiger partial charge in [0.1, 0.15) is 5.50 Å². The molecule has 162 valence electrons. The van der Waals surface area contributed by atoms with Gasteiger partial charge in [-0.15, -0.1) is 0 Å². The van der Waals surface area contributed by atoms with Gasteiger partial charge in [0.2, 0.25) is 21.9 Å². The lowest BCUT2D eigenvalue weighted by atomic mass is 10.1. The lowest BCUT2D eigenvalue weighted by molar-refractivity contribution is -0.115. The molecule has 0 radical (unpaired) electrons. The molecule has 0 fully saturated rings. The molecule has 1 aromatic heterocycles. The van der Waals surface area contributed by atoms with Gasteiger partial charge in [-0.2, -0.15) is 0 Å². The highest BCUT2D eigenvalue weighted by molar-refractivity contribution is 7.89. The molecule has 0 aliphatic rings. The van der Waals surface area contributed by atoms with Gasteiger partial charge >= 0.3 is 0 Å². The summed E-state index contributed by atoms with van der Waals surface area (Å²) in [5.41, 5.74) is 1.30. The van der Waals surface area contributed by atoms with Gasteiger partial charge in [-0.3, -0.25) is 4.79 Å². The van der Waals surface area contributed by atoms with Crippen LogP contribution in [-0.4, -0.2) is 29.8 Å². The van der Waals surface area contributed by atoms with E-state index in [-0.39, 0.29) is 28.4 Å². The van der Waals surface area contributed by atoms with Crippen LogP contribution in [0.1, 0.15) is 12.5 Å². The van der Waals surface area contributed by atoms with Crippen molar-refractivity contribution >= 4 is 50.8 Å². The molecular formula is C20H19Cl2N5O3S. The molecule has 1 atom stereocenters. The molecule has 8 nitrogen and oxygen atoms in total. The lowest BCUT2D eigenvalue weighted by Gasteiger charge is -2.12. The van der Waals surface area contributed by atoms with Gasteiger partial charge in [0, 0.05) is 34.2 Å². The average Bonchev–Trinajstić information content (AvgIpc) is 2.69. The van der Waals surface area contributed by atoms with Crippen LogP contribution < -0.4 is 15.8 Å². The number of aromatic nitrogens is 2. The number of carbonyl (C=O) groups is 1. The topological polar surface area (TPSA) is 127 Å². The zero-order chi connectivity index (χ0) is 22.6. The Kier molecular flexibility index (Phi) is 7.11. The summed E-state index contributed by atoms with van der Waals surface area (Å²) < 4.78 is 24.4. The van der Waals surface area contributed by atoms with Crippen LogP contribution in [0, 0.1) is 0 Å². The summed E-state index contributed by atoms with van der Waals surface area (Å²) in [5, 5.41) is 11.4. The smallest absolute Gasteiger partial charge is 0.238 e. The minimum atomic E-state index is -4.10. The molecule has 4 N–H and O–H groups in total. The summed E-state index contributed by atoms with van der Waals surface area (Å²) in [6.45, 7) is 1.72. The normalized spacial score (nSPS) is 12.3.